The zero-order valence-corrected chi connectivity index (χ0v) is 10.9. The molecule has 2 aromatic rings. The summed E-state index contributed by atoms with van der Waals surface area (Å²) in [4.78, 5) is 12.1. The minimum Gasteiger partial charge on any atom is -0.352 e. The fraction of sp³-hybridized carbons (Fsp3) is 0.133. The molecule has 5 heteroatoms. The monoisotopic (exact) mass is 268 g/mol. The van der Waals surface area contributed by atoms with Crippen LogP contribution >= 0.6 is 0 Å². The Balaban J connectivity index is 1.57. The summed E-state index contributed by atoms with van der Waals surface area (Å²) < 4.78 is 0. The number of hydrogen-bond donors (Lipinski definition) is 4. The van der Waals surface area contributed by atoms with Gasteiger partial charge in [0.25, 0.3) is 5.91 Å². The standard InChI is InChI=1S/C15H16N4O/c20-15(16-9-8-11-4-2-1-3-5-11)12-6-7-13-14(10-12)18-19-17-13/h1-7,10,17-19H,8-9H2,(H,16,20). The van der Waals surface area contributed by atoms with E-state index in [1.807, 2.05) is 30.3 Å². The number of rotatable bonds is 4. The molecule has 102 valence electrons. The number of hydrazine groups is 2. The highest BCUT2D eigenvalue weighted by Gasteiger charge is 2.12. The summed E-state index contributed by atoms with van der Waals surface area (Å²) in [6.07, 6.45) is 0.832. The van der Waals surface area contributed by atoms with E-state index in [1.165, 1.54) is 5.56 Å². The first-order chi connectivity index (χ1) is 9.83. The van der Waals surface area contributed by atoms with Crippen molar-refractivity contribution in [3.63, 3.8) is 0 Å². The lowest BCUT2D eigenvalue weighted by Gasteiger charge is -2.06. The topological polar surface area (TPSA) is 65.2 Å². The molecule has 3 rings (SSSR count). The Kier molecular flexibility index (Phi) is 3.52. The van der Waals surface area contributed by atoms with Crippen LogP contribution in [0.4, 0.5) is 11.4 Å². The average Bonchev–Trinajstić information content (AvgIpc) is 2.95. The molecular weight excluding hydrogens is 252 g/mol. The second-order valence-electron chi connectivity index (χ2n) is 4.63. The predicted octanol–water partition coefficient (Wildman–Crippen LogP) is 1.92. The molecule has 2 aromatic carbocycles. The van der Waals surface area contributed by atoms with Crippen molar-refractivity contribution in [2.24, 2.45) is 0 Å². The maximum atomic E-state index is 12.1. The van der Waals surface area contributed by atoms with E-state index < -0.39 is 0 Å². The van der Waals surface area contributed by atoms with Gasteiger partial charge in [0, 0.05) is 12.1 Å². The molecule has 0 atom stereocenters. The molecular formula is C15H16N4O. The normalized spacial score (nSPS) is 12.2. The molecule has 0 radical (unpaired) electrons. The maximum Gasteiger partial charge on any atom is 0.251 e. The maximum absolute atomic E-state index is 12.1. The van der Waals surface area contributed by atoms with Crippen molar-refractivity contribution in [1.82, 2.24) is 10.9 Å². The van der Waals surface area contributed by atoms with Crippen LogP contribution in [-0.2, 0) is 6.42 Å². The Morgan fingerprint density at radius 1 is 1.00 bits per heavy atom. The second kappa shape index (κ2) is 5.63. The van der Waals surface area contributed by atoms with Gasteiger partial charge in [-0.05, 0) is 30.2 Å². The molecule has 5 nitrogen and oxygen atoms in total. The van der Waals surface area contributed by atoms with Gasteiger partial charge in [-0.2, -0.15) is 0 Å². The van der Waals surface area contributed by atoms with Crippen LogP contribution in [0, 0.1) is 0 Å². The molecule has 0 aromatic heterocycles. The predicted molar refractivity (Wildman–Crippen MR) is 79.3 cm³/mol. The number of nitrogens with one attached hydrogen (secondary N) is 4. The second-order valence-corrected chi connectivity index (χ2v) is 4.63. The molecule has 0 saturated heterocycles. The summed E-state index contributed by atoms with van der Waals surface area (Å²) in [5, 5.41) is 2.93. The molecule has 0 unspecified atom stereocenters. The minimum atomic E-state index is -0.0579. The van der Waals surface area contributed by atoms with Crippen LogP contribution in [0.1, 0.15) is 15.9 Å². The lowest BCUT2D eigenvalue weighted by Crippen LogP contribution is -2.25. The van der Waals surface area contributed by atoms with Gasteiger partial charge in [0.05, 0.1) is 11.4 Å². The van der Waals surface area contributed by atoms with Crippen molar-refractivity contribution < 1.29 is 4.79 Å². The van der Waals surface area contributed by atoms with Gasteiger partial charge in [-0.25, -0.2) is 0 Å². The molecule has 0 bridgehead atoms. The van der Waals surface area contributed by atoms with Crippen molar-refractivity contribution >= 4 is 17.3 Å². The fourth-order valence-electron chi connectivity index (χ4n) is 2.13. The van der Waals surface area contributed by atoms with Gasteiger partial charge in [0.1, 0.15) is 0 Å². The van der Waals surface area contributed by atoms with Crippen LogP contribution in [0.15, 0.2) is 48.5 Å². The summed E-state index contributed by atoms with van der Waals surface area (Å²) in [7, 11) is 0. The molecule has 0 spiro atoms. The van der Waals surface area contributed by atoms with E-state index in [1.54, 1.807) is 6.07 Å². The third-order valence-corrected chi connectivity index (χ3v) is 3.22. The van der Waals surface area contributed by atoms with Gasteiger partial charge in [0.15, 0.2) is 0 Å². The molecule has 0 fully saturated rings. The SMILES string of the molecule is O=C(NCCc1ccccc1)c1ccc2c(c1)NNN2. The summed E-state index contributed by atoms with van der Waals surface area (Å²) in [6.45, 7) is 0.629. The lowest BCUT2D eigenvalue weighted by molar-refractivity contribution is 0.0954. The zero-order chi connectivity index (χ0) is 13.8. The summed E-state index contributed by atoms with van der Waals surface area (Å²) >= 11 is 0. The largest absolute Gasteiger partial charge is 0.352 e. The quantitative estimate of drug-likeness (QED) is 0.684. The van der Waals surface area contributed by atoms with Crippen LogP contribution in [-0.4, -0.2) is 12.5 Å². The van der Waals surface area contributed by atoms with Crippen LogP contribution in [0.3, 0.4) is 0 Å². The smallest absolute Gasteiger partial charge is 0.251 e. The third kappa shape index (κ3) is 2.73. The van der Waals surface area contributed by atoms with E-state index in [4.69, 9.17) is 0 Å². The van der Waals surface area contributed by atoms with Crippen LogP contribution < -0.4 is 21.7 Å². The first kappa shape index (κ1) is 12.5. The van der Waals surface area contributed by atoms with Crippen LogP contribution in [0.25, 0.3) is 0 Å². The van der Waals surface area contributed by atoms with Crippen molar-refractivity contribution in [3.05, 3.63) is 59.7 Å². The number of fused-ring (bicyclic) bond motifs is 1. The van der Waals surface area contributed by atoms with Crippen molar-refractivity contribution in [3.8, 4) is 0 Å². The van der Waals surface area contributed by atoms with Gasteiger partial charge < -0.3 is 16.2 Å². The fourth-order valence-corrected chi connectivity index (χ4v) is 2.13. The highest BCUT2D eigenvalue weighted by molar-refractivity contribution is 5.96. The molecule has 1 aliphatic rings. The third-order valence-electron chi connectivity index (χ3n) is 3.22. The Morgan fingerprint density at radius 3 is 2.65 bits per heavy atom. The van der Waals surface area contributed by atoms with E-state index in [0.717, 1.165) is 17.8 Å². The lowest BCUT2D eigenvalue weighted by atomic mass is 10.1. The number of carbonyl (C=O) groups is 1. The number of carbonyl (C=O) groups excluding carboxylic acids is 1. The molecule has 1 aliphatic heterocycles. The molecule has 20 heavy (non-hydrogen) atoms. The van der Waals surface area contributed by atoms with Crippen molar-refractivity contribution in [2.45, 2.75) is 6.42 Å². The van der Waals surface area contributed by atoms with Crippen LogP contribution in [0.5, 0.6) is 0 Å². The van der Waals surface area contributed by atoms with E-state index in [2.05, 4.69) is 33.8 Å². The van der Waals surface area contributed by atoms with E-state index >= 15 is 0 Å². The highest BCUT2D eigenvalue weighted by Crippen LogP contribution is 2.24. The Labute approximate surface area is 117 Å². The summed E-state index contributed by atoms with van der Waals surface area (Å²) in [6, 6.07) is 15.6. The zero-order valence-electron chi connectivity index (χ0n) is 10.9. The minimum absolute atomic E-state index is 0.0579. The van der Waals surface area contributed by atoms with E-state index in [0.29, 0.717) is 12.1 Å². The Bertz CT molecular complexity index is 613. The molecule has 0 saturated carbocycles. The Hall–Kier alpha value is -2.53. The molecule has 0 aliphatic carbocycles. The summed E-state index contributed by atoms with van der Waals surface area (Å²) in [5.74, 6) is -0.0579. The van der Waals surface area contributed by atoms with E-state index in [9.17, 15) is 4.79 Å². The Morgan fingerprint density at radius 2 is 1.80 bits per heavy atom. The van der Waals surface area contributed by atoms with Gasteiger partial charge in [0.2, 0.25) is 0 Å². The van der Waals surface area contributed by atoms with Gasteiger partial charge >= 0.3 is 0 Å². The molecule has 1 heterocycles. The number of anilines is 2. The number of hydrogen-bond acceptors (Lipinski definition) is 4. The average molecular weight is 268 g/mol. The van der Waals surface area contributed by atoms with E-state index in [-0.39, 0.29) is 5.91 Å². The first-order valence-electron chi connectivity index (χ1n) is 6.56. The van der Waals surface area contributed by atoms with Crippen molar-refractivity contribution in [1.29, 1.82) is 0 Å². The van der Waals surface area contributed by atoms with Gasteiger partial charge in [-0.15, -0.1) is 5.53 Å². The highest BCUT2D eigenvalue weighted by atomic mass is 16.1. The molecule has 1 amide bonds. The molecule has 4 N–H and O–H groups in total. The van der Waals surface area contributed by atoms with Gasteiger partial charge in [-0.1, -0.05) is 30.3 Å². The number of benzene rings is 2. The van der Waals surface area contributed by atoms with Crippen molar-refractivity contribution in [2.75, 3.05) is 17.4 Å². The van der Waals surface area contributed by atoms with Crippen LogP contribution in [0.2, 0.25) is 0 Å². The summed E-state index contributed by atoms with van der Waals surface area (Å²) in [5.41, 5.74) is 12.3. The first-order valence-corrected chi connectivity index (χ1v) is 6.56. The van der Waals surface area contributed by atoms with Gasteiger partial charge in [-0.3, -0.25) is 4.79 Å². The number of amides is 1.